The van der Waals surface area contributed by atoms with Gasteiger partial charge in [-0.15, -0.1) is 0 Å². The van der Waals surface area contributed by atoms with Gasteiger partial charge in [-0.2, -0.15) is 13.2 Å². The fourth-order valence-electron chi connectivity index (χ4n) is 1.49. The van der Waals surface area contributed by atoms with Crippen molar-refractivity contribution < 1.29 is 17.6 Å². The number of rotatable bonds is 3. The van der Waals surface area contributed by atoms with Crippen LogP contribution in [0.1, 0.15) is 5.82 Å². The first-order valence-electron chi connectivity index (χ1n) is 5.65. The summed E-state index contributed by atoms with van der Waals surface area (Å²) in [6.07, 6.45) is -4.68. The summed E-state index contributed by atoms with van der Waals surface area (Å²) in [5.74, 6) is -2.01. The third-order valence-corrected chi connectivity index (χ3v) is 2.72. The highest BCUT2D eigenvalue weighted by atomic mass is 35.5. The molecule has 112 valence electrons. The van der Waals surface area contributed by atoms with Crippen LogP contribution < -0.4 is 10.6 Å². The summed E-state index contributed by atoms with van der Waals surface area (Å²) >= 11 is 5.60. The van der Waals surface area contributed by atoms with Gasteiger partial charge in [-0.25, -0.2) is 14.4 Å². The van der Waals surface area contributed by atoms with Gasteiger partial charge in [0.15, 0.2) is 0 Å². The minimum atomic E-state index is -4.68. The standard InChI is InChI=1S/C12H9ClF4N4/c1-18-9-5-10(21-11(20-9)12(15,16)17)19-6-2-3-8(14)7(13)4-6/h2-5H,1H3,(H2,18,19,20,21). The van der Waals surface area contributed by atoms with Crippen molar-refractivity contribution in [1.29, 1.82) is 0 Å². The molecule has 0 aliphatic carbocycles. The zero-order chi connectivity index (χ0) is 15.6. The Balaban J connectivity index is 2.36. The molecule has 0 bridgehead atoms. The van der Waals surface area contributed by atoms with E-state index in [9.17, 15) is 17.6 Å². The number of nitrogens with zero attached hydrogens (tertiary/aromatic N) is 2. The van der Waals surface area contributed by atoms with Crippen molar-refractivity contribution in [1.82, 2.24) is 9.97 Å². The quantitative estimate of drug-likeness (QED) is 0.837. The Morgan fingerprint density at radius 3 is 2.33 bits per heavy atom. The normalized spacial score (nSPS) is 11.3. The van der Waals surface area contributed by atoms with E-state index in [2.05, 4.69) is 20.6 Å². The molecule has 1 heterocycles. The smallest absolute Gasteiger partial charge is 0.373 e. The highest BCUT2D eigenvalue weighted by molar-refractivity contribution is 6.31. The van der Waals surface area contributed by atoms with Crippen molar-refractivity contribution in [2.24, 2.45) is 0 Å². The molecule has 0 atom stereocenters. The van der Waals surface area contributed by atoms with Gasteiger partial charge in [-0.3, -0.25) is 0 Å². The predicted molar refractivity (Wildman–Crippen MR) is 71.3 cm³/mol. The summed E-state index contributed by atoms with van der Waals surface area (Å²) in [6.45, 7) is 0. The Hall–Kier alpha value is -2.09. The molecule has 0 aliphatic rings. The molecule has 2 rings (SSSR count). The Morgan fingerprint density at radius 1 is 1.10 bits per heavy atom. The molecule has 1 aromatic heterocycles. The van der Waals surface area contributed by atoms with Crippen molar-refractivity contribution in [2.75, 3.05) is 17.7 Å². The lowest BCUT2D eigenvalue weighted by Crippen LogP contribution is -2.13. The fourth-order valence-corrected chi connectivity index (χ4v) is 1.67. The van der Waals surface area contributed by atoms with E-state index in [0.717, 1.165) is 6.07 Å². The summed E-state index contributed by atoms with van der Waals surface area (Å²) < 4.78 is 51.1. The van der Waals surface area contributed by atoms with Crippen LogP contribution in [0.5, 0.6) is 0 Å². The molecule has 2 N–H and O–H groups in total. The lowest BCUT2D eigenvalue weighted by atomic mass is 10.3. The zero-order valence-corrected chi connectivity index (χ0v) is 11.3. The van der Waals surface area contributed by atoms with Gasteiger partial charge in [0.2, 0.25) is 5.82 Å². The molecular formula is C12H9ClF4N4. The van der Waals surface area contributed by atoms with E-state index in [1.807, 2.05) is 0 Å². The third-order valence-electron chi connectivity index (χ3n) is 2.43. The van der Waals surface area contributed by atoms with Gasteiger partial charge in [0, 0.05) is 18.8 Å². The van der Waals surface area contributed by atoms with Crippen LogP contribution in [-0.4, -0.2) is 17.0 Å². The maximum absolute atomic E-state index is 13.0. The molecule has 2 aromatic rings. The van der Waals surface area contributed by atoms with Crippen LogP contribution in [0.4, 0.5) is 34.9 Å². The maximum atomic E-state index is 13.0. The average molecular weight is 321 g/mol. The number of hydrogen-bond donors (Lipinski definition) is 2. The van der Waals surface area contributed by atoms with Gasteiger partial charge in [-0.1, -0.05) is 11.6 Å². The van der Waals surface area contributed by atoms with Crippen molar-refractivity contribution in [3.05, 3.63) is 40.9 Å². The van der Waals surface area contributed by atoms with Gasteiger partial charge < -0.3 is 10.6 Å². The van der Waals surface area contributed by atoms with Crippen molar-refractivity contribution in [2.45, 2.75) is 6.18 Å². The molecule has 0 radical (unpaired) electrons. The van der Waals surface area contributed by atoms with Gasteiger partial charge in [0.1, 0.15) is 17.5 Å². The number of anilines is 3. The van der Waals surface area contributed by atoms with E-state index >= 15 is 0 Å². The van der Waals surface area contributed by atoms with Gasteiger partial charge in [0.25, 0.3) is 0 Å². The molecule has 0 spiro atoms. The molecule has 0 amide bonds. The second kappa shape index (κ2) is 5.72. The van der Waals surface area contributed by atoms with E-state index in [1.165, 1.54) is 25.2 Å². The monoisotopic (exact) mass is 320 g/mol. The topological polar surface area (TPSA) is 49.8 Å². The van der Waals surface area contributed by atoms with Crippen LogP contribution in [0.25, 0.3) is 0 Å². The van der Waals surface area contributed by atoms with E-state index < -0.39 is 17.8 Å². The summed E-state index contributed by atoms with van der Waals surface area (Å²) in [6, 6.07) is 4.95. The van der Waals surface area contributed by atoms with Crippen LogP contribution in [0.2, 0.25) is 5.02 Å². The Morgan fingerprint density at radius 2 is 1.76 bits per heavy atom. The number of alkyl halides is 3. The van der Waals surface area contributed by atoms with Crippen LogP contribution in [-0.2, 0) is 6.18 Å². The minimum Gasteiger partial charge on any atom is -0.373 e. The second-order valence-electron chi connectivity index (χ2n) is 3.96. The molecule has 21 heavy (non-hydrogen) atoms. The first kappa shape index (κ1) is 15.3. The molecule has 0 saturated heterocycles. The molecule has 1 aromatic carbocycles. The number of halogens is 5. The molecule has 0 fully saturated rings. The largest absolute Gasteiger partial charge is 0.451 e. The van der Waals surface area contributed by atoms with E-state index in [-0.39, 0.29) is 16.7 Å². The Bertz CT molecular complexity index is 660. The molecule has 0 unspecified atom stereocenters. The first-order valence-corrected chi connectivity index (χ1v) is 6.03. The van der Waals surface area contributed by atoms with Crippen LogP contribution in [0, 0.1) is 5.82 Å². The molecule has 9 heteroatoms. The van der Waals surface area contributed by atoms with E-state index in [1.54, 1.807) is 0 Å². The predicted octanol–water partition coefficient (Wildman–Crippen LogP) is 4.07. The van der Waals surface area contributed by atoms with Crippen LogP contribution >= 0.6 is 11.6 Å². The highest BCUT2D eigenvalue weighted by Crippen LogP contribution is 2.29. The second-order valence-corrected chi connectivity index (χ2v) is 4.37. The van der Waals surface area contributed by atoms with Crippen LogP contribution in [0.15, 0.2) is 24.3 Å². The summed E-state index contributed by atoms with van der Waals surface area (Å²) in [4.78, 5) is 6.70. The lowest BCUT2D eigenvalue weighted by Gasteiger charge is -2.11. The van der Waals surface area contributed by atoms with Crippen molar-refractivity contribution in [3.63, 3.8) is 0 Å². The number of hydrogen-bond acceptors (Lipinski definition) is 4. The Kier molecular flexibility index (Phi) is 4.17. The zero-order valence-electron chi connectivity index (χ0n) is 10.6. The first-order chi connectivity index (χ1) is 9.79. The molecular weight excluding hydrogens is 312 g/mol. The van der Waals surface area contributed by atoms with Gasteiger partial charge in [0.05, 0.1) is 5.02 Å². The van der Waals surface area contributed by atoms with Gasteiger partial charge in [-0.05, 0) is 18.2 Å². The SMILES string of the molecule is CNc1cc(Nc2ccc(F)c(Cl)c2)nc(C(F)(F)F)n1. The molecule has 0 saturated carbocycles. The molecule has 4 nitrogen and oxygen atoms in total. The average Bonchev–Trinajstić information content (AvgIpc) is 2.41. The van der Waals surface area contributed by atoms with Crippen molar-refractivity contribution >= 4 is 28.9 Å². The summed E-state index contributed by atoms with van der Waals surface area (Å²) in [7, 11) is 1.43. The third kappa shape index (κ3) is 3.72. The van der Waals surface area contributed by atoms with Gasteiger partial charge >= 0.3 is 6.18 Å². The van der Waals surface area contributed by atoms with E-state index in [4.69, 9.17) is 11.6 Å². The minimum absolute atomic E-state index is 0.00645. The van der Waals surface area contributed by atoms with Crippen LogP contribution in [0.3, 0.4) is 0 Å². The number of nitrogens with one attached hydrogen (secondary N) is 2. The highest BCUT2D eigenvalue weighted by Gasteiger charge is 2.35. The number of benzene rings is 1. The maximum Gasteiger partial charge on any atom is 0.451 e. The van der Waals surface area contributed by atoms with E-state index in [0.29, 0.717) is 5.69 Å². The number of aromatic nitrogens is 2. The Labute approximate surface area is 122 Å². The van der Waals surface area contributed by atoms with Crippen molar-refractivity contribution in [3.8, 4) is 0 Å². The lowest BCUT2D eigenvalue weighted by molar-refractivity contribution is -0.144. The summed E-state index contributed by atoms with van der Waals surface area (Å²) in [5.41, 5.74) is 0.301. The molecule has 0 aliphatic heterocycles. The fraction of sp³-hybridized carbons (Fsp3) is 0.167. The summed E-state index contributed by atoms with van der Waals surface area (Å²) in [5, 5.41) is 4.97.